The largest absolute Gasteiger partial charge is 0.378 e. The molecule has 0 spiro atoms. The minimum Gasteiger partial charge on any atom is -0.378 e. The minimum atomic E-state index is -0.879. The number of ether oxygens (including phenoxy) is 1. The Morgan fingerprint density at radius 2 is 1.95 bits per heavy atom. The van der Waals surface area contributed by atoms with Crippen LogP contribution in [0.2, 0.25) is 0 Å². The fourth-order valence-electron chi connectivity index (χ4n) is 2.89. The standard InChI is InChI=1S/C17H26N2O2/c1-5-12-7-9-13(10-8-12)19-15(20)17(18)11-14(21-6-2)16(17,3)4/h7-10,14H,5-6,11,18H2,1-4H3,(H,19,20). The molecule has 0 aliphatic heterocycles. The first-order valence-electron chi connectivity index (χ1n) is 7.66. The molecule has 1 aliphatic rings. The van der Waals surface area contributed by atoms with Gasteiger partial charge in [-0.2, -0.15) is 0 Å². The topological polar surface area (TPSA) is 64.3 Å². The summed E-state index contributed by atoms with van der Waals surface area (Å²) in [5.41, 5.74) is 7.15. The molecule has 4 heteroatoms. The lowest BCUT2D eigenvalue weighted by Crippen LogP contribution is -2.74. The average molecular weight is 290 g/mol. The van der Waals surface area contributed by atoms with Gasteiger partial charge in [-0.3, -0.25) is 4.79 Å². The van der Waals surface area contributed by atoms with Crippen molar-refractivity contribution in [2.45, 2.75) is 52.2 Å². The second-order valence-electron chi connectivity index (χ2n) is 6.35. The molecule has 21 heavy (non-hydrogen) atoms. The predicted octanol–water partition coefficient (Wildman–Crippen LogP) is 2.72. The first-order valence-corrected chi connectivity index (χ1v) is 7.66. The zero-order valence-corrected chi connectivity index (χ0v) is 13.4. The Labute approximate surface area is 127 Å². The van der Waals surface area contributed by atoms with E-state index in [1.807, 2.05) is 45.0 Å². The van der Waals surface area contributed by atoms with Crippen molar-refractivity contribution in [3.8, 4) is 0 Å². The number of hydrogen-bond acceptors (Lipinski definition) is 3. The van der Waals surface area contributed by atoms with Crippen molar-refractivity contribution in [3.05, 3.63) is 29.8 Å². The molecule has 0 bridgehead atoms. The van der Waals surface area contributed by atoms with Crippen LogP contribution in [0.3, 0.4) is 0 Å². The van der Waals surface area contributed by atoms with Crippen LogP contribution < -0.4 is 11.1 Å². The van der Waals surface area contributed by atoms with Gasteiger partial charge in [0.15, 0.2) is 0 Å². The SMILES string of the molecule is CCOC1CC(N)(C(=O)Nc2ccc(CC)cc2)C1(C)C. The second kappa shape index (κ2) is 5.78. The molecule has 1 aromatic rings. The summed E-state index contributed by atoms with van der Waals surface area (Å²) in [4.78, 5) is 12.5. The molecular formula is C17H26N2O2. The average Bonchev–Trinajstić information content (AvgIpc) is 2.47. The van der Waals surface area contributed by atoms with E-state index in [4.69, 9.17) is 10.5 Å². The van der Waals surface area contributed by atoms with Crippen molar-refractivity contribution in [3.63, 3.8) is 0 Å². The molecule has 2 rings (SSSR count). The first kappa shape index (κ1) is 16.0. The van der Waals surface area contributed by atoms with E-state index in [1.54, 1.807) is 0 Å². The fourth-order valence-corrected chi connectivity index (χ4v) is 2.89. The molecule has 2 atom stereocenters. The van der Waals surface area contributed by atoms with Crippen LogP contribution in [0.25, 0.3) is 0 Å². The zero-order valence-electron chi connectivity index (χ0n) is 13.4. The number of anilines is 1. The highest BCUT2D eigenvalue weighted by Gasteiger charge is 2.62. The molecule has 1 aliphatic carbocycles. The van der Waals surface area contributed by atoms with Crippen LogP contribution in [0.4, 0.5) is 5.69 Å². The molecule has 0 heterocycles. The van der Waals surface area contributed by atoms with Crippen LogP contribution in [0.15, 0.2) is 24.3 Å². The van der Waals surface area contributed by atoms with Gasteiger partial charge < -0.3 is 15.8 Å². The molecule has 1 aromatic carbocycles. The van der Waals surface area contributed by atoms with Gasteiger partial charge in [0, 0.05) is 24.1 Å². The smallest absolute Gasteiger partial charge is 0.245 e. The Kier molecular flexibility index (Phi) is 4.40. The van der Waals surface area contributed by atoms with Crippen LogP contribution in [0.5, 0.6) is 0 Å². The monoisotopic (exact) mass is 290 g/mol. The van der Waals surface area contributed by atoms with Crippen LogP contribution in [-0.4, -0.2) is 24.2 Å². The molecule has 0 aromatic heterocycles. The quantitative estimate of drug-likeness (QED) is 0.876. The molecule has 2 unspecified atom stereocenters. The van der Waals surface area contributed by atoms with Crippen LogP contribution >= 0.6 is 0 Å². The van der Waals surface area contributed by atoms with Crippen molar-refractivity contribution in [2.24, 2.45) is 11.1 Å². The Bertz CT molecular complexity index is 510. The molecule has 4 nitrogen and oxygen atoms in total. The third-order valence-electron chi connectivity index (χ3n) is 4.86. The van der Waals surface area contributed by atoms with Crippen LogP contribution in [-0.2, 0) is 16.0 Å². The number of carbonyl (C=O) groups is 1. The maximum Gasteiger partial charge on any atom is 0.245 e. The third-order valence-corrected chi connectivity index (χ3v) is 4.86. The van der Waals surface area contributed by atoms with Gasteiger partial charge in [-0.25, -0.2) is 0 Å². The molecule has 0 saturated heterocycles. The number of aryl methyl sites for hydroxylation is 1. The van der Waals surface area contributed by atoms with E-state index >= 15 is 0 Å². The summed E-state index contributed by atoms with van der Waals surface area (Å²) in [6.07, 6.45) is 1.59. The van der Waals surface area contributed by atoms with E-state index in [-0.39, 0.29) is 17.4 Å². The van der Waals surface area contributed by atoms with Crippen molar-refractivity contribution in [1.29, 1.82) is 0 Å². The summed E-state index contributed by atoms with van der Waals surface area (Å²) >= 11 is 0. The number of hydrogen-bond donors (Lipinski definition) is 2. The van der Waals surface area contributed by atoms with E-state index in [1.165, 1.54) is 5.56 Å². The van der Waals surface area contributed by atoms with Gasteiger partial charge in [0.25, 0.3) is 0 Å². The Morgan fingerprint density at radius 1 is 1.33 bits per heavy atom. The van der Waals surface area contributed by atoms with Gasteiger partial charge in [-0.05, 0) is 31.0 Å². The number of benzene rings is 1. The Morgan fingerprint density at radius 3 is 2.43 bits per heavy atom. The van der Waals surface area contributed by atoms with E-state index in [0.717, 1.165) is 12.1 Å². The lowest BCUT2D eigenvalue weighted by molar-refractivity contribution is -0.166. The minimum absolute atomic E-state index is 0.0423. The number of rotatable bonds is 5. The summed E-state index contributed by atoms with van der Waals surface area (Å²) in [6, 6.07) is 7.89. The highest BCUT2D eigenvalue weighted by Crippen LogP contribution is 2.50. The number of carbonyl (C=O) groups excluding carboxylic acids is 1. The Balaban J connectivity index is 2.06. The molecule has 3 N–H and O–H groups in total. The maximum absolute atomic E-state index is 12.5. The Hall–Kier alpha value is -1.39. The molecule has 1 amide bonds. The van der Waals surface area contributed by atoms with E-state index in [9.17, 15) is 4.79 Å². The number of nitrogens with one attached hydrogen (secondary N) is 1. The van der Waals surface area contributed by atoms with Gasteiger partial charge in [-0.15, -0.1) is 0 Å². The van der Waals surface area contributed by atoms with Crippen molar-refractivity contribution in [2.75, 3.05) is 11.9 Å². The zero-order chi connectivity index (χ0) is 15.7. The van der Waals surface area contributed by atoms with Crippen molar-refractivity contribution >= 4 is 11.6 Å². The lowest BCUT2D eigenvalue weighted by atomic mass is 9.54. The first-order chi connectivity index (χ1) is 9.85. The normalized spacial score (nSPS) is 27.0. The van der Waals surface area contributed by atoms with Gasteiger partial charge >= 0.3 is 0 Å². The van der Waals surface area contributed by atoms with E-state index in [0.29, 0.717) is 13.0 Å². The van der Waals surface area contributed by atoms with Crippen LogP contribution in [0, 0.1) is 5.41 Å². The van der Waals surface area contributed by atoms with Gasteiger partial charge in [0.05, 0.1) is 6.10 Å². The number of amides is 1. The molecule has 0 radical (unpaired) electrons. The third kappa shape index (κ3) is 2.70. The second-order valence-corrected chi connectivity index (χ2v) is 6.35. The molecule has 1 fully saturated rings. The summed E-state index contributed by atoms with van der Waals surface area (Å²) in [7, 11) is 0. The van der Waals surface area contributed by atoms with Crippen molar-refractivity contribution < 1.29 is 9.53 Å². The highest BCUT2D eigenvalue weighted by atomic mass is 16.5. The molecule has 116 valence electrons. The number of nitrogens with two attached hydrogens (primary N) is 1. The summed E-state index contributed by atoms with van der Waals surface area (Å²) in [5.74, 6) is -0.132. The predicted molar refractivity (Wildman–Crippen MR) is 85.2 cm³/mol. The molecule has 1 saturated carbocycles. The summed E-state index contributed by atoms with van der Waals surface area (Å²) in [6.45, 7) is 8.70. The highest BCUT2D eigenvalue weighted by molar-refractivity contribution is 5.99. The summed E-state index contributed by atoms with van der Waals surface area (Å²) in [5, 5.41) is 2.93. The lowest BCUT2D eigenvalue weighted by Gasteiger charge is -2.57. The van der Waals surface area contributed by atoms with E-state index < -0.39 is 5.54 Å². The fraction of sp³-hybridized carbons (Fsp3) is 0.588. The van der Waals surface area contributed by atoms with E-state index in [2.05, 4.69) is 12.2 Å². The molecular weight excluding hydrogens is 264 g/mol. The van der Waals surface area contributed by atoms with Gasteiger partial charge in [0.2, 0.25) is 5.91 Å². The van der Waals surface area contributed by atoms with Crippen LogP contribution in [0.1, 0.15) is 39.7 Å². The van der Waals surface area contributed by atoms with Gasteiger partial charge in [-0.1, -0.05) is 32.9 Å². The summed E-state index contributed by atoms with van der Waals surface area (Å²) < 4.78 is 5.66. The maximum atomic E-state index is 12.5. The van der Waals surface area contributed by atoms with Crippen molar-refractivity contribution in [1.82, 2.24) is 0 Å². The van der Waals surface area contributed by atoms with Gasteiger partial charge in [0.1, 0.15) is 5.54 Å².